The summed E-state index contributed by atoms with van der Waals surface area (Å²) in [5.74, 6) is 0.713. The van der Waals surface area contributed by atoms with Gasteiger partial charge >= 0.3 is 0 Å². The molecule has 0 aliphatic heterocycles. The lowest BCUT2D eigenvalue weighted by atomic mass is 10.2. The number of aromatic nitrogens is 4. The summed E-state index contributed by atoms with van der Waals surface area (Å²) < 4.78 is 4.16. The number of thioether (sulfide) groups is 1. The number of para-hydroxylation sites is 1. The van der Waals surface area contributed by atoms with E-state index >= 15 is 0 Å². The molecule has 7 nitrogen and oxygen atoms in total. The van der Waals surface area contributed by atoms with E-state index < -0.39 is 0 Å². The van der Waals surface area contributed by atoms with Crippen molar-refractivity contribution in [1.29, 1.82) is 0 Å². The predicted octanol–water partition coefficient (Wildman–Crippen LogP) is 4.15. The Labute approximate surface area is 179 Å². The number of amides is 1. The van der Waals surface area contributed by atoms with Crippen molar-refractivity contribution >= 4 is 62.3 Å². The molecule has 3 aromatic heterocycles. The summed E-state index contributed by atoms with van der Waals surface area (Å²) in [7, 11) is 0. The predicted molar refractivity (Wildman–Crippen MR) is 118 cm³/mol. The fourth-order valence-corrected chi connectivity index (χ4v) is 4.75. The molecule has 150 valence electrons. The van der Waals surface area contributed by atoms with Gasteiger partial charge < -0.3 is 5.32 Å². The summed E-state index contributed by atoms with van der Waals surface area (Å²) in [6.45, 7) is 4.64. The smallest absolute Gasteiger partial charge is 0.272 e. The van der Waals surface area contributed by atoms with Crippen molar-refractivity contribution in [2.45, 2.75) is 25.5 Å². The lowest BCUT2D eigenvalue weighted by Gasteiger charge is -2.11. The quantitative estimate of drug-likeness (QED) is 0.449. The number of nitrogens with one attached hydrogen (secondary N) is 1. The number of anilines is 1. The van der Waals surface area contributed by atoms with Crippen molar-refractivity contribution in [1.82, 2.24) is 19.2 Å². The number of halogens is 1. The van der Waals surface area contributed by atoms with Crippen molar-refractivity contribution in [3.05, 3.63) is 51.1 Å². The van der Waals surface area contributed by atoms with Gasteiger partial charge in [-0.15, -0.1) is 21.5 Å². The van der Waals surface area contributed by atoms with Crippen LogP contribution in [0.5, 0.6) is 0 Å². The molecule has 0 aliphatic rings. The molecule has 0 saturated carbocycles. The van der Waals surface area contributed by atoms with E-state index in [1.807, 2.05) is 35.8 Å². The zero-order valence-electron chi connectivity index (χ0n) is 15.8. The minimum Gasteiger partial charge on any atom is -0.324 e. The Hall–Kier alpha value is -2.36. The summed E-state index contributed by atoms with van der Waals surface area (Å²) in [4.78, 5) is 25.2. The van der Waals surface area contributed by atoms with Crippen LogP contribution in [0.3, 0.4) is 0 Å². The van der Waals surface area contributed by atoms with Gasteiger partial charge in [-0.3, -0.25) is 18.6 Å². The molecule has 4 rings (SSSR count). The first kappa shape index (κ1) is 19.9. The van der Waals surface area contributed by atoms with Crippen LogP contribution in [0.15, 0.2) is 45.7 Å². The number of fused-ring (bicyclic) bond motifs is 3. The molecule has 1 N–H and O–H groups in total. The summed E-state index contributed by atoms with van der Waals surface area (Å²) in [6, 6.07) is 8.96. The molecule has 0 unspecified atom stereocenters. The molecule has 4 aromatic rings. The third kappa shape index (κ3) is 3.90. The van der Waals surface area contributed by atoms with Crippen LogP contribution in [0.25, 0.3) is 16.0 Å². The number of hydrogen-bond acceptors (Lipinski definition) is 6. The number of nitrogens with zero attached hydrogens (tertiary/aromatic N) is 4. The van der Waals surface area contributed by atoms with Crippen LogP contribution in [-0.2, 0) is 11.3 Å². The molecule has 0 bridgehead atoms. The Morgan fingerprint density at radius 3 is 2.83 bits per heavy atom. The number of carbonyl (C=O) groups is 1. The molecule has 0 radical (unpaired) electrons. The Morgan fingerprint density at radius 1 is 1.28 bits per heavy atom. The zero-order valence-corrected chi connectivity index (χ0v) is 18.1. The molecule has 29 heavy (non-hydrogen) atoms. The molecule has 3 heterocycles. The van der Waals surface area contributed by atoms with Gasteiger partial charge in [-0.1, -0.05) is 49.3 Å². The summed E-state index contributed by atoms with van der Waals surface area (Å²) in [5.41, 5.74) is 1.27. The van der Waals surface area contributed by atoms with Gasteiger partial charge in [0, 0.05) is 6.54 Å². The first-order valence-corrected chi connectivity index (χ1v) is 11.2. The molecule has 0 fully saturated rings. The first-order chi connectivity index (χ1) is 14.0. The third-order valence-electron chi connectivity index (χ3n) is 4.21. The number of hydrogen-bond donors (Lipinski definition) is 1. The second-order valence-electron chi connectivity index (χ2n) is 6.88. The van der Waals surface area contributed by atoms with Crippen LogP contribution in [0.2, 0.25) is 5.02 Å². The number of carbonyl (C=O) groups excluding carboxylic acids is 1. The Morgan fingerprint density at radius 2 is 2.07 bits per heavy atom. The minimum atomic E-state index is -0.197. The fraction of sp³-hybridized carbons (Fsp3) is 0.263. The van der Waals surface area contributed by atoms with Crippen LogP contribution in [0.4, 0.5) is 5.69 Å². The summed E-state index contributed by atoms with van der Waals surface area (Å²) in [6.07, 6.45) is 0. The topological polar surface area (TPSA) is 81.3 Å². The van der Waals surface area contributed by atoms with Gasteiger partial charge in [0.15, 0.2) is 5.16 Å². The normalized spacial score (nSPS) is 11.6. The maximum atomic E-state index is 12.9. The van der Waals surface area contributed by atoms with Gasteiger partial charge in [-0.2, -0.15) is 0 Å². The van der Waals surface area contributed by atoms with Crippen LogP contribution >= 0.6 is 34.7 Å². The molecule has 10 heteroatoms. The van der Waals surface area contributed by atoms with E-state index in [2.05, 4.69) is 15.5 Å². The molecule has 1 amide bonds. The number of thiophene rings is 1. The first-order valence-electron chi connectivity index (χ1n) is 8.98. The van der Waals surface area contributed by atoms with Crippen LogP contribution < -0.4 is 10.9 Å². The Kier molecular flexibility index (Phi) is 5.62. The van der Waals surface area contributed by atoms with Gasteiger partial charge in [-0.25, -0.2) is 0 Å². The second kappa shape index (κ2) is 8.17. The average molecular weight is 448 g/mol. The number of benzene rings is 1. The van der Waals surface area contributed by atoms with Crippen LogP contribution in [0, 0.1) is 5.92 Å². The largest absolute Gasteiger partial charge is 0.324 e. The molecule has 0 aliphatic carbocycles. The van der Waals surface area contributed by atoms with Crippen molar-refractivity contribution < 1.29 is 4.79 Å². The molecule has 0 spiro atoms. The van der Waals surface area contributed by atoms with E-state index in [1.54, 1.807) is 22.8 Å². The summed E-state index contributed by atoms with van der Waals surface area (Å²) in [5, 5.41) is 14.2. The van der Waals surface area contributed by atoms with Crippen molar-refractivity contribution in [3.63, 3.8) is 0 Å². The maximum absolute atomic E-state index is 12.9. The van der Waals surface area contributed by atoms with E-state index in [0.29, 0.717) is 32.9 Å². The average Bonchev–Trinajstić information content (AvgIpc) is 3.32. The van der Waals surface area contributed by atoms with Crippen molar-refractivity contribution in [3.8, 4) is 0 Å². The van der Waals surface area contributed by atoms with Gasteiger partial charge in [0.1, 0.15) is 4.70 Å². The monoisotopic (exact) mass is 447 g/mol. The SMILES string of the molecule is CC(C)Cn1c(=O)c2sccc2n2c(SCC(=O)Nc3ccccc3Cl)nnc12. The van der Waals surface area contributed by atoms with E-state index in [4.69, 9.17) is 11.6 Å². The van der Waals surface area contributed by atoms with Crippen molar-refractivity contribution in [2.75, 3.05) is 11.1 Å². The van der Waals surface area contributed by atoms with Gasteiger partial charge in [0.25, 0.3) is 5.56 Å². The lowest BCUT2D eigenvalue weighted by molar-refractivity contribution is -0.113. The van der Waals surface area contributed by atoms with Gasteiger partial charge in [0.2, 0.25) is 11.7 Å². The van der Waals surface area contributed by atoms with Crippen molar-refractivity contribution in [2.24, 2.45) is 5.92 Å². The highest BCUT2D eigenvalue weighted by atomic mass is 35.5. The zero-order chi connectivity index (χ0) is 20.5. The van der Waals surface area contributed by atoms with Crippen LogP contribution in [-0.4, -0.2) is 30.8 Å². The van der Waals surface area contributed by atoms with E-state index in [0.717, 1.165) is 5.52 Å². The standard InChI is InChI=1S/C19H18ClN5O2S2/c1-11(2)9-24-17(27)16-14(7-8-28-16)25-18(24)22-23-19(25)29-10-15(26)21-13-6-4-3-5-12(13)20/h3-8,11H,9-10H2,1-2H3,(H,21,26). The summed E-state index contributed by atoms with van der Waals surface area (Å²) >= 11 is 8.76. The molecule has 0 saturated heterocycles. The molecule has 1 aromatic carbocycles. The second-order valence-corrected chi connectivity index (χ2v) is 9.15. The maximum Gasteiger partial charge on any atom is 0.272 e. The molecular formula is C19H18ClN5O2S2. The van der Waals surface area contributed by atoms with E-state index in [1.165, 1.54) is 23.1 Å². The Balaban J connectivity index is 1.65. The van der Waals surface area contributed by atoms with E-state index in [9.17, 15) is 9.59 Å². The van der Waals surface area contributed by atoms with Crippen LogP contribution in [0.1, 0.15) is 13.8 Å². The molecule has 0 atom stereocenters. The van der Waals surface area contributed by atoms with Gasteiger partial charge in [-0.05, 0) is 29.5 Å². The minimum absolute atomic E-state index is 0.0587. The Bertz CT molecular complexity index is 1260. The lowest BCUT2D eigenvalue weighted by Crippen LogP contribution is -2.24. The highest BCUT2D eigenvalue weighted by Crippen LogP contribution is 2.25. The number of rotatable bonds is 6. The molecular weight excluding hydrogens is 430 g/mol. The third-order valence-corrected chi connectivity index (χ3v) is 6.36. The van der Waals surface area contributed by atoms with E-state index in [-0.39, 0.29) is 23.1 Å². The fourth-order valence-electron chi connectivity index (χ4n) is 3.00. The highest BCUT2D eigenvalue weighted by molar-refractivity contribution is 7.99. The highest BCUT2D eigenvalue weighted by Gasteiger charge is 2.19. The van der Waals surface area contributed by atoms with Gasteiger partial charge in [0.05, 0.1) is 22.0 Å².